The minimum Gasteiger partial charge on any atom is -0.480 e. The zero-order valence-corrected chi connectivity index (χ0v) is 11.9. The van der Waals surface area contributed by atoms with Gasteiger partial charge in [-0.05, 0) is 19.8 Å². The van der Waals surface area contributed by atoms with Crippen LogP contribution in [0.4, 0.5) is 0 Å². The first-order valence-electron chi connectivity index (χ1n) is 6.49. The molecule has 0 bridgehead atoms. The molecule has 2 amide bonds. The highest BCUT2D eigenvalue weighted by atomic mass is 16.4. The van der Waals surface area contributed by atoms with Crippen LogP contribution in [0.3, 0.4) is 0 Å². The van der Waals surface area contributed by atoms with Crippen LogP contribution >= 0.6 is 0 Å². The summed E-state index contributed by atoms with van der Waals surface area (Å²) in [5.41, 5.74) is -0.578. The number of amides is 2. The Kier molecular flexibility index (Phi) is 4.55. The second-order valence-corrected chi connectivity index (χ2v) is 5.97. The van der Waals surface area contributed by atoms with E-state index in [-0.39, 0.29) is 11.8 Å². The van der Waals surface area contributed by atoms with Gasteiger partial charge in [-0.3, -0.25) is 9.59 Å². The van der Waals surface area contributed by atoms with Gasteiger partial charge in [-0.25, -0.2) is 4.79 Å². The predicted octanol–water partition coefficient (Wildman–Crippen LogP) is 0.613. The summed E-state index contributed by atoms with van der Waals surface area (Å²) in [7, 11) is 0. The lowest BCUT2D eigenvalue weighted by Gasteiger charge is -2.27. The number of hydrogen-bond acceptors (Lipinski definition) is 3. The predicted molar refractivity (Wildman–Crippen MR) is 69.4 cm³/mol. The molecule has 0 aromatic rings. The van der Waals surface area contributed by atoms with Crippen LogP contribution in [0.5, 0.6) is 0 Å². The second-order valence-electron chi connectivity index (χ2n) is 5.97. The highest BCUT2D eigenvalue weighted by molar-refractivity contribution is 5.91. The monoisotopic (exact) mass is 270 g/mol. The zero-order valence-electron chi connectivity index (χ0n) is 11.9. The molecule has 1 rings (SSSR count). The number of likely N-dealkylation sites (tertiary alicyclic amines) is 1. The Labute approximate surface area is 113 Å². The standard InChI is InChI=1S/C13H22N2O4/c1-8(14-12(19)13(2,3)4)10(16)15-7-5-6-9(15)11(17)18/h8-9H,5-7H2,1-4H3,(H,14,19)(H,17,18)/t8-,9-/m0/s1. The van der Waals surface area contributed by atoms with E-state index in [1.54, 1.807) is 27.7 Å². The van der Waals surface area contributed by atoms with Crippen molar-refractivity contribution in [2.24, 2.45) is 5.41 Å². The van der Waals surface area contributed by atoms with E-state index in [1.807, 2.05) is 0 Å². The molecule has 0 saturated carbocycles. The van der Waals surface area contributed by atoms with Gasteiger partial charge < -0.3 is 15.3 Å². The van der Waals surface area contributed by atoms with Gasteiger partial charge in [-0.1, -0.05) is 20.8 Å². The largest absolute Gasteiger partial charge is 0.480 e. The Bertz CT molecular complexity index is 387. The number of nitrogens with one attached hydrogen (secondary N) is 1. The van der Waals surface area contributed by atoms with Gasteiger partial charge in [0.2, 0.25) is 11.8 Å². The molecule has 0 unspecified atom stereocenters. The summed E-state index contributed by atoms with van der Waals surface area (Å²) in [4.78, 5) is 36.4. The number of carbonyl (C=O) groups excluding carboxylic acids is 2. The van der Waals surface area contributed by atoms with Crippen molar-refractivity contribution in [1.82, 2.24) is 10.2 Å². The fourth-order valence-electron chi connectivity index (χ4n) is 2.01. The number of hydrogen-bond donors (Lipinski definition) is 2. The number of nitrogens with zero attached hydrogens (tertiary/aromatic N) is 1. The van der Waals surface area contributed by atoms with E-state index in [2.05, 4.69) is 5.32 Å². The molecule has 1 heterocycles. The Balaban J connectivity index is 2.67. The molecule has 0 aromatic carbocycles. The number of carboxylic acid groups (broad SMARTS) is 1. The molecule has 0 aliphatic carbocycles. The summed E-state index contributed by atoms with van der Waals surface area (Å²) >= 11 is 0. The van der Waals surface area contributed by atoms with E-state index in [4.69, 9.17) is 5.11 Å². The molecule has 0 radical (unpaired) electrons. The van der Waals surface area contributed by atoms with Crippen LogP contribution in [-0.4, -0.2) is 46.4 Å². The molecule has 6 nitrogen and oxygen atoms in total. The molecule has 108 valence electrons. The maximum atomic E-state index is 12.2. The van der Waals surface area contributed by atoms with Crippen LogP contribution in [0, 0.1) is 5.41 Å². The van der Waals surface area contributed by atoms with E-state index < -0.39 is 23.5 Å². The molecular weight excluding hydrogens is 248 g/mol. The highest BCUT2D eigenvalue weighted by Crippen LogP contribution is 2.19. The third kappa shape index (κ3) is 3.68. The van der Waals surface area contributed by atoms with E-state index >= 15 is 0 Å². The van der Waals surface area contributed by atoms with Gasteiger partial charge in [0.25, 0.3) is 0 Å². The van der Waals surface area contributed by atoms with Gasteiger partial charge in [0.15, 0.2) is 0 Å². The van der Waals surface area contributed by atoms with Crippen molar-refractivity contribution >= 4 is 17.8 Å². The fraction of sp³-hybridized carbons (Fsp3) is 0.769. The molecule has 1 aliphatic heterocycles. The molecule has 6 heteroatoms. The average molecular weight is 270 g/mol. The van der Waals surface area contributed by atoms with Gasteiger partial charge in [-0.15, -0.1) is 0 Å². The number of carbonyl (C=O) groups is 3. The van der Waals surface area contributed by atoms with Crippen molar-refractivity contribution in [3.05, 3.63) is 0 Å². The Hall–Kier alpha value is -1.59. The Morgan fingerprint density at radius 3 is 2.37 bits per heavy atom. The molecule has 2 N–H and O–H groups in total. The van der Waals surface area contributed by atoms with Gasteiger partial charge in [-0.2, -0.15) is 0 Å². The summed E-state index contributed by atoms with van der Waals surface area (Å²) < 4.78 is 0. The normalized spacial score (nSPS) is 21.1. The maximum absolute atomic E-state index is 12.2. The smallest absolute Gasteiger partial charge is 0.326 e. The van der Waals surface area contributed by atoms with Crippen LogP contribution in [0.1, 0.15) is 40.5 Å². The van der Waals surface area contributed by atoms with Crippen molar-refractivity contribution < 1.29 is 19.5 Å². The van der Waals surface area contributed by atoms with Crippen molar-refractivity contribution in [1.29, 1.82) is 0 Å². The first kappa shape index (κ1) is 15.5. The average Bonchev–Trinajstić information content (AvgIpc) is 2.75. The summed E-state index contributed by atoms with van der Waals surface area (Å²) in [5.74, 6) is -1.54. The lowest BCUT2D eigenvalue weighted by molar-refractivity contribution is -0.149. The van der Waals surface area contributed by atoms with E-state index in [0.717, 1.165) is 0 Å². The Morgan fingerprint density at radius 1 is 1.32 bits per heavy atom. The second kappa shape index (κ2) is 5.59. The van der Waals surface area contributed by atoms with Crippen LogP contribution in [0.15, 0.2) is 0 Å². The minimum atomic E-state index is -0.986. The maximum Gasteiger partial charge on any atom is 0.326 e. The molecule has 19 heavy (non-hydrogen) atoms. The van der Waals surface area contributed by atoms with Gasteiger partial charge in [0, 0.05) is 12.0 Å². The number of rotatable bonds is 3. The summed E-state index contributed by atoms with van der Waals surface area (Å²) in [6, 6.07) is -1.46. The van der Waals surface area contributed by atoms with Gasteiger partial charge in [0.05, 0.1) is 0 Å². The highest BCUT2D eigenvalue weighted by Gasteiger charge is 2.36. The van der Waals surface area contributed by atoms with Crippen molar-refractivity contribution in [3.63, 3.8) is 0 Å². The molecule has 1 aliphatic rings. The lowest BCUT2D eigenvalue weighted by atomic mass is 9.95. The van der Waals surface area contributed by atoms with Crippen LogP contribution in [0.25, 0.3) is 0 Å². The SMILES string of the molecule is C[C@H](NC(=O)C(C)(C)C)C(=O)N1CCC[C@H]1C(=O)O. The van der Waals surface area contributed by atoms with Crippen LogP contribution in [0.2, 0.25) is 0 Å². The Morgan fingerprint density at radius 2 is 1.89 bits per heavy atom. The van der Waals surface area contributed by atoms with E-state index in [1.165, 1.54) is 4.90 Å². The van der Waals surface area contributed by atoms with Gasteiger partial charge in [0.1, 0.15) is 12.1 Å². The number of carboxylic acids is 1. The molecular formula is C13H22N2O4. The number of aliphatic carboxylic acids is 1. The van der Waals surface area contributed by atoms with Crippen molar-refractivity contribution in [2.45, 2.75) is 52.6 Å². The molecule has 0 spiro atoms. The van der Waals surface area contributed by atoms with E-state index in [9.17, 15) is 14.4 Å². The molecule has 1 saturated heterocycles. The lowest BCUT2D eigenvalue weighted by Crippen LogP contribution is -2.52. The minimum absolute atomic E-state index is 0.223. The van der Waals surface area contributed by atoms with Crippen LogP contribution < -0.4 is 5.32 Å². The zero-order chi connectivity index (χ0) is 14.8. The molecule has 0 aromatic heterocycles. The molecule has 1 fully saturated rings. The summed E-state index contributed by atoms with van der Waals surface area (Å²) in [5, 5.41) is 11.7. The quantitative estimate of drug-likeness (QED) is 0.786. The summed E-state index contributed by atoms with van der Waals surface area (Å²) in [6.45, 7) is 7.30. The van der Waals surface area contributed by atoms with E-state index in [0.29, 0.717) is 19.4 Å². The first-order chi connectivity index (χ1) is 8.64. The first-order valence-corrected chi connectivity index (χ1v) is 6.49. The third-order valence-corrected chi connectivity index (χ3v) is 3.22. The topological polar surface area (TPSA) is 86.7 Å². The van der Waals surface area contributed by atoms with Crippen molar-refractivity contribution in [3.8, 4) is 0 Å². The summed E-state index contributed by atoms with van der Waals surface area (Å²) in [6.07, 6.45) is 1.16. The van der Waals surface area contributed by atoms with Crippen LogP contribution in [-0.2, 0) is 14.4 Å². The molecule has 2 atom stereocenters. The third-order valence-electron chi connectivity index (χ3n) is 3.22. The van der Waals surface area contributed by atoms with Gasteiger partial charge >= 0.3 is 5.97 Å². The fourth-order valence-corrected chi connectivity index (χ4v) is 2.01. The van der Waals surface area contributed by atoms with Crippen molar-refractivity contribution in [2.75, 3.05) is 6.54 Å².